The molecule has 0 bridgehead atoms. The van der Waals surface area contributed by atoms with Crippen LogP contribution in [0.1, 0.15) is 207 Å². The van der Waals surface area contributed by atoms with E-state index in [2.05, 4.69) is 38.2 Å². The number of rotatable bonds is 37. The van der Waals surface area contributed by atoms with Gasteiger partial charge in [-0.3, -0.25) is 9.59 Å². The zero-order chi connectivity index (χ0) is 38.3. The van der Waals surface area contributed by atoms with Crippen molar-refractivity contribution >= 4 is 23.9 Å². The van der Waals surface area contributed by atoms with Crippen LogP contribution in [-0.2, 0) is 38.1 Å². The first-order chi connectivity index (χ1) is 25.4. The molecule has 0 aliphatic heterocycles. The van der Waals surface area contributed by atoms with Gasteiger partial charge in [-0.1, -0.05) is 141 Å². The van der Waals surface area contributed by atoms with Crippen molar-refractivity contribution in [2.75, 3.05) is 13.2 Å². The van der Waals surface area contributed by atoms with Crippen LogP contribution in [0, 0.1) is 0 Å². The fourth-order valence-corrected chi connectivity index (χ4v) is 6.00. The third-order valence-electron chi connectivity index (χ3n) is 9.12. The van der Waals surface area contributed by atoms with E-state index in [0.717, 1.165) is 77.0 Å². The molecule has 0 saturated carbocycles. The summed E-state index contributed by atoms with van der Waals surface area (Å²) >= 11 is 0. The maximum absolute atomic E-state index is 12.8. The van der Waals surface area contributed by atoms with E-state index in [-0.39, 0.29) is 26.1 Å². The Kier molecular flexibility index (Phi) is 36.2. The van der Waals surface area contributed by atoms with Gasteiger partial charge in [-0.25, -0.2) is 9.59 Å². The Morgan fingerprint density at radius 1 is 0.385 bits per heavy atom. The number of unbranched alkanes of at least 4 members (excludes halogenated alkanes) is 22. The Balaban J connectivity index is 4.50. The maximum atomic E-state index is 12.8. The van der Waals surface area contributed by atoms with Gasteiger partial charge in [0.1, 0.15) is 0 Å². The van der Waals surface area contributed by atoms with Crippen LogP contribution >= 0.6 is 0 Å². The van der Waals surface area contributed by atoms with E-state index >= 15 is 0 Å². The molecule has 0 aromatic heterocycles. The molecule has 2 atom stereocenters. The molecule has 0 saturated heterocycles. The molecule has 0 aliphatic carbocycles. The van der Waals surface area contributed by atoms with Crippen LogP contribution in [0.25, 0.3) is 0 Å². The summed E-state index contributed by atoms with van der Waals surface area (Å²) < 4.78 is 21.1. The van der Waals surface area contributed by atoms with Gasteiger partial charge >= 0.3 is 23.9 Å². The SMILES string of the molecule is CCCCCCCCC=CCCCCCCCC(=O)OC(C(=O)OCC)C(OC(=O)CCCCCCCC=CCCCCCCCC)C(=O)OCC. The monoisotopic (exact) mass is 735 g/mol. The zero-order valence-electron chi connectivity index (χ0n) is 33.9. The second kappa shape index (κ2) is 38.1. The van der Waals surface area contributed by atoms with E-state index in [0.29, 0.717) is 12.8 Å². The Bertz CT molecular complexity index is 853. The van der Waals surface area contributed by atoms with E-state index in [1.54, 1.807) is 13.8 Å². The minimum atomic E-state index is -1.72. The van der Waals surface area contributed by atoms with E-state index < -0.39 is 36.1 Å². The van der Waals surface area contributed by atoms with Crippen LogP contribution in [0.3, 0.4) is 0 Å². The molecule has 8 heteroatoms. The lowest BCUT2D eigenvalue weighted by Crippen LogP contribution is -2.47. The lowest BCUT2D eigenvalue weighted by atomic mass is 10.1. The van der Waals surface area contributed by atoms with Crippen LogP contribution in [-0.4, -0.2) is 49.3 Å². The van der Waals surface area contributed by atoms with Gasteiger partial charge in [0.05, 0.1) is 13.2 Å². The first-order valence-electron chi connectivity index (χ1n) is 21.4. The average molecular weight is 735 g/mol. The van der Waals surface area contributed by atoms with E-state index in [4.69, 9.17) is 18.9 Å². The van der Waals surface area contributed by atoms with Gasteiger partial charge in [0.2, 0.25) is 12.2 Å². The quantitative estimate of drug-likeness (QED) is 0.0269. The van der Waals surface area contributed by atoms with Crippen LogP contribution in [0.4, 0.5) is 0 Å². The van der Waals surface area contributed by atoms with E-state index in [1.807, 2.05) is 0 Å². The molecule has 0 radical (unpaired) electrons. The lowest BCUT2D eigenvalue weighted by Gasteiger charge is -2.24. The minimum absolute atomic E-state index is 0.0134. The number of carbonyl (C=O) groups excluding carboxylic acids is 4. The highest BCUT2D eigenvalue weighted by Crippen LogP contribution is 2.16. The minimum Gasteiger partial charge on any atom is -0.463 e. The lowest BCUT2D eigenvalue weighted by molar-refractivity contribution is -0.191. The number of ether oxygens (including phenoxy) is 4. The normalized spacial score (nSPS) is 12.6. The number of hydrogen-bond donors (Lipinski definition) is 0. The Morgan fingerprint density at radius 3 is 0.942 bits per heavy atom. The summed E-state index contributed by atoms with van der Waals surface area (Å²) in [5, 5.41) is 0. The predicted molar refractivity (Wildman–Crippen MR) is 212 cm³/mol. The molecule has 0 aromatic carbocycles. The number of hydrogen-bond acceptors (Lipinski definition) is 8. The number of allylic oxidation sites excluding steroid dienone is 4. The van der Waals surface area contributed by atoms with Crippen LogP contribution in [0.2, 0.25) is 0 Å². The topological polar surface area (TPSA) is 105 Å². The van der Waals surface area contributed by atoms with Gasteiger partial charge in [-0.05, 0) is 78.1 Å². The summed E-state index contributed by atoms with van der Waals surface area (Å²) in [4.78, 5) is 51.2. The highest BCUT2D eigenvalue weighted by Gasteiger charge is 2.42. The van der Waals surface area contributed by atoms with Gasteiger partial charge in [-0.15, -0.1) is 0 Å². The molecule has 302 valence electrons. The maximum Gasteiger partial charge on any atom is 0.352 e. The molecule has 0 rings (SSSR count). The second-order valence-electron chi connectivity index (χ2n) is 14.0. The highest BCUT2D eigenvalue weighted by atomic mass is 16.6. The van der Waals surface area contributed by atoms with Crippen molar-refractivity contribution < 1.29 is 38.1 Å². The average Bonchev–Trinajstić information content (AvgIpc) is 3.13. The first-order valence-corrected chi connectivity index (χ1v) is 21.4. The van der Waals surface area contributed by atoms with Crippen LogP contribution in [0.5, 0.6) is 0 Å². The summed E-state index contributed by atoms with van der Waals surface area (Å²) in [6, 6.07) is 0. The van der Waals surface area contributed by atoms with Crippen LogP contribution < -0.4 is 0 Å². The summed E-state index contributed by atoms with van der Waals surface area (Å²) in [7, 11) is 0. The molecule has 0 aliphatic rings. The standard InChI is InChI=1S/C44H78O8/c1-5-9-11-13-15-17-19-21-23-25-27-29-31-33-35-37-39(45)51-41(43(47)49-7-3)42(44(48)50-8-4)52-40(46)38-36-34-32-30-28-26-24-22-20-18-16-14-12-10-6-2/h21-24,41-42H,5-20,25-38H2,1-4H3. The van der Waals surface area contributed by atoms with Crippen molar-refractivity contribution in [2.45, 2.75) is 220 Å². The van der Waals surface area contributed by atoms with Gasteiger partial charge in [0.15, 0.2) is 0 Å². The fraction of sp³-hybridized carbons (Fsp3) is 0.818. The van der Waals surface area contributed by atoms with Crippen molar-refractivity contribution in [3.8, 4) is 0 Å². The molecular weight excluding hydrogens is 656 g/mol. The molecule has 0 heterocycles. The third-order valence-corrected chi connectivity index (χ3v) is 9.12. The molecule has 52 heavy (non-hydrogen) atoms. The molecule has 0 N–H and O–H groups in total. The Hall–Kier alpha value is -2.64. The molecule has 0 spiro atoms. The summed E-state index contributed by atoms with van der Waals surface area (Å²) in [6.45, 7) is 7.74. The summed E-state index contributed by atoms with van der Waals surface area (Å²) in [5.74, 6) is -3.16. The van der Waals surface area contributed by atoms with Gasteiger partial charge in [0.25, 0.3) is 0 Å². The number of esters is 4. The molecule has 0 aromatic rings. The van der Waals surface area contributed by atoms with Crippen molar-refractivity contribution in [3.05, 3.63) is 24.3 Å². The van der Waals surface area contributed by atoms with Crippen molar-refractivity contribution in [1.82, 2.24) is 0 Å². The van der Waals surface area contributed by atoms with Crippen molar-refractivity contribution in [2.24, 2.45) is 0 Å². The summed E-state index contributed by atoms with van der Waals surface area (Å²) in [5.41, 5.74) is 0. The van der Waals surface area contributed by atoms with Crippen molar-refractivity contribution in [3.63, 3.8) is 0 Å². The van der Waals surface area contributed by atoms with E-state index in [1.165, 1.54) is 77.0 Å². The van der Waals surface area contributed by atoms with Gasteiger partial charge in [-0.2, -0.15) is 0 Å². The zero-order valence-corrected chi connectivity index (χ0v) is 33.9. The van der Waals surface area contributed by atoms with E-state index in [9.17, 15) is 19.2 Å². The number of carbonyl (C=O) groups is 4. The molecule has 0 fully saturated rings. The van der Waals surface area contributed by atoms with Crippen LogP contribution in [0.15, 0.2) is 24.3 Å². The fourth-order valence-electron chi connectivity index (χ4n) is 6.00. The van der Waals surface area contributed by atoms with Gasteiger partial charge in [0, 0.05) is 12.8 Å². The Labute approximate surface area is 318 Å². The smallest absolute Gasteiger partial charge is 0.352 e. The largest absolute Gasteiger partial charge is 0.463 e. The molecular formula is C44H78O8. The first kappa shape index (κ1) is 49.4. The second-order valence-corrected chi connectivity index (χ2v) is 14.0. The van der Waals surface area contributed by atoms with Crippen molar-refractivity contribution in [1.29, 1.82) is 0 Å². The molecule has 0 amide bonds. The Morgan fingerprint density at radius 2 is 0.654 bits per heavy atom. The summed E-state index contributed by atoms with van der Waals surface area (Å²) in [6.07, 6.45) is 35.5. The van der Waals surface area contributed by atoms with Gasteiger partial charge < -0.3 is 18.9 Å². The molecule has 8 nitrogen and oxygen atoms in total. The third kappa shape index (κ3) is 30.9. The highest BCUT2D eigenvalue weighted by molar-refractivity contribution is 5.89. The molecule has 2 unspecified atom stereocenters. The predicted octanol–water partition coefficient (Wildman–Crippen LogP) is 12.0.